The zero-order chi connectivity index (χ0) is 21.5. The van der Waals surface area contributed by atoms with Gasteiger partial charge in [0, 0.05) is 18.4 Å². The van der Waals surface area contributed by atoms with Crippen molar-refractivity contribution in [2.45, 2.75) is 84.3 Å². The Bertz CT molecular complexity index is 764. The normalized spacial score (nSPS) is 25.7. The van der Waals surface area contributed by atoms with Crippen LogP contribution in [0.25, 0.3) is 0 Å². The Morgan fingerprint density at radius 2 is 2.10 bits per heavy atom. The number of aliphatic hydroxyl groups excluding tert-OH is 1. The summed E-state index contributed by atoms with van der Waals surface area (Å²) in [7, 11) is 0. The van der Waals surface area contributed by atoms with Crippen LogP contribution in [0.2, 0.25) is 0 Å². The lowest BCUT2D eigenvalue weighted by Crippen LogP contribution is -2.29. The molecule has 1 saturated carbocycles. The fourth-order valence-corrected chi connectivity index (χ4v) is 5.19. The number of nitrogens with one attached hydrogen (secondary N) is 1. The Hall–Kier alpha value is -1.87. The van der Waals surface area contributed by atoms with Crippen LogP contribution in [0.15, 0.2) is 48.1 Å². The molecule has 1 amide bonds. The molecule has 2 aliphatic rings. The minimum absolute atomic E-state index is 0.168. The molecule has 2 aliphatic carbocycles. The van der Waals surface area contributed by atoms with Gasteiger partial charge in [0.25, 0.3) is 0 Å². The van der Waals surface area contributed by atoms with Crippen LogP contribution in [0.3, 0.4) is 0 Å². The van der Waals surface area contributed by atoms with Crippen LogP contribution in [0.4, 0.5) is 0 Å². The van der Waals surface area contributed by atoms with Gasteiger partial charge in [-0.3, -0.25) is 4.79 Å². The van der Waals surface area contributed by atoms with Gasteiger partial charge in [0.1, 0.15) is 0 Å². The van der Waals surface area contributed by atoms with Crippen molar-refractivity contribution in [3.63, 3.8) is 0 Å². The molecule has 0 spiro atoms. The van der Waals surface area contributed by atoms with E-state index >= 15 is 0 Å². The van der Waals surface area contributed by atoms with E-state index in [1.165, 1.54) is 11.1 Å². The molecule has 0 saturated heterocycles. The van der Waals surface area contributed by atoms with Crippen molar-refractivity contribution in [2.75, 3.05) is 0 Å². The van der Waals surface area contributed by atoms with Gasteiger partial charge in [0.2, 0.25) is 5.91 Å². The Kier molecular flexibility index (Phi) is 8.32. The number of carbonyl (C=O) groups is 1. The topological polar surface area (TPSA) is 49.3 Å². The number of benzene rings is 1. The van der Waals surface area contributed by atoms with Crippen LogP contribution in [-0.4, -0.2) is 23.2 Å². The van der Waals surface area contributed by atoms with Gasteiger partial charge in [-0.15, -0.1) is 0 Å². The quantitative estimate of drug-likeness (QED) is 0.395. The van der Waals surface area contributed by atoms with E-state index in [2.05, 4.69) is 54.7 Å². The first-order valence-corrected chi connectivity index (χ1v) is 11.8. The molecule has 2 N–H and O–H groups in total. The first kappa shape index (κ1) is 22.8. The van der Waals surface area contributed by atoms with Gasteiger partial charge in [-0.2, -0.15) is 0 Å². The smallest absolute Gasteiger partial charge is 0.220 e. The first-order chi connectivity index (χ1) is 14.4. The zero-order valence-electron chi connectivity index (χ0n) is 18.9. The van der Waals surface area contributed by atoms with E-state index in [0.717, 1.165) is 44.9 Å². The summed E-state index contributed by atoms with van der Waals surface area (Å²) in [6, 6.07) is 8.94. The van der Waals surface area contributed by atoms with Crippen molar-refractivity contribution in [2.24, 2.45) is 17.8 Å². The van der Waals surface area contributed by atoms with Gasteiger partial charge in [0.15, 0.2) is 0 Å². The zero-order valence-corrected chi connectivity index (χ0v) is 18.9. The molecule has 0 heterocycles. The summed E-state index contributed by atoms with van der Waals surface area (Å²) in [6.45, 7) is 6.14. The number of unbranched alkanes of at least 4 members (excludes halogenated alkanes) is 1. The van der Waals surface area contributed by atoms with Gasteiger partial charge in [-0.25, -0.2) is 0 Å². The van der Waals surface area contributed by atoms with Crippen LogP contribution in [0, 0.1) is 24.7 Å². The molecular weight excluding hydrogens is 370 g/mol. The third-order valence-electron chi connectivity index (χ3n) is 6.59. The molecule has 3 rings (SSSR count). The number of rotatable bonds is 10. The predicted octanol–water partition coefficient (Wildman–Crippen LogP) is 5.51. The number of aryl methyl sites for hydroxylation is 2. The third kappa shape index (κ3) is 6.57. The molecule has 164 valence electrons. The molecule has 30 heavy (non-hydrogen) atoms. The number of amides is 1. The van der Waals surface area contributed by atoms with E-state index < -0.39 is 0 Å². The van der Waals surface area contributed by atoms with Gasteiger partial charge < -0.3 is 10.4 Å². The molecule has 1 aromatic rings. The molecule has 0 aromatic heterocycles. The molecule has 1 aromatic carbocycles. The van der Waals surface area contributed by atoms with E-state index in [0.29, 0.717) is 18.3 Å². The Morgan fingerprint density at radius 1 is 1.27 bits per heavy atom. The highest BCUT2D eigenvalue weighted by atomic mass is 16.3. The largest absolute Gasteiger partial charge is 0.392 e. The number of hydrogen-bond acceptors (Lipinski definition) is 2. The monoisotopic (exact) mass is 409 g/mol. The number of aliphatic hydroxyl groups is 1. The molecule has 0 aliphatic heterocycles. The van der Waals surface area contributed by atoms with E-state index in [4.69, 9.17) is 0 Å². The molecule has 0 radical (unpaired) electrons. The van der Waals surface area contributed by atoms with Crippen LogP contribution in [0.5, 0.6) is 0 Å². The molecule has 3 nitrogen and oxygen atoms in total. The highest BCUT2D eigenvalue weighted by Crippen LogP contribution is 2.48. The lowest BCUT2D eigenvalue weighted by Gasteiger charge is -2.18. The van der Waals surface area contributed by atoms with Gasteiger partial charge >= 0.3 is 0 Å². The summed E-state index contributed by atoms with van der Waals surface area (Å²) >= 11 is 0. The number of fused-ring (bicyclic) bond motifs is 1. The fourth-order valence-electron chi connectivity index (χ4n) is 5.19. The third-order valence-corrected chi connectivity index (χ3v) is 6.59. The summed E-state index contributed by atoms with van der Waals surface area (Å²) in [5.74, 6) is 1.56. The number of hydrogen-bond donors (Lipinski definition) is 2. The Balaban J connectivity index is 1.40. The van der Waals surface area contributed by atoms with Crippen LogP contribution in [0.1, 0.15) is 69.9 Å². The highest BCUT2D eigenvalue weighted by Gasteiger charge is 2.43. The van der Waals surface area contributed by atoms with Crippen LogP contribution < -0.4 is 5.32 Å². The average Bonchev–Trinajstić information content (AvgIpc) is 3.19. The van der Waals surface area contributed by atoms with E-state index in [9.17, 15) is 9.90 Å². The fraction of sp³-hybridized carbons (Fsp3) is 0.593. The first-order valence-electron chi connectivity index (χ1n) is 11.8. The Morgan fingerprint density at radius 3 is 2.87 bits per heavy atom. The van der Waals surface area contributed by atoms with E-state index in [-0.39, 0.29) is 24.0 Å². The maximum absolute atomic E-state index is 11.8. The van der Waals surface area contributed by atoms with Crippen molar-refractivity contribution < 1.29 is 9.90 Å². The summed E-state index contributed by atoms with van der Waals surface area (Å²) in [4.78, 5) is 11.8. The lowest BCUT2D eigenvalue weighted by molar-refractivity contribution is -0.121. The summed E-state index contributed by atoms with van der Waals surface area (Å²) in [5, 5.41) is 13.5. The molecular formula is C27H39NO2. The standard InChI is InChI=1S/C27H39NO2/c1-19(2)28-27(30)14-7-5-11-22-16-23-18-26(29)24(25(23)17-22)13-6-4-10-21-12-8-9-20(3)15-21/h6,8-9,12-13,15-16,19,23-26,29H,4-5,7,10-11,14,17-18H2,1-3H3,(H,28,30)/b13-6+/t23-,24+,25-,26+/m0/s1. The van der Waals surface area contributed by atoms with Gasteiger partial charge in [0.05, 0.1) is 6.10 Å². The van der Waals surface area contributed by atoms with Crippen molar-refractivity contribution in [1.82, 2.24) is 5.32 Å². The number of allylic oxidation sites excluding steroid dienone is 3. The summed E-state index contributed by atoms with van der Waals surface area (Å²) in [6.07, 6.45) is 14.7. The maximum atomic E-state index is 11.8. The molecule has 1 fully saturated rings. The Labute approximate surface area is 182 Å². The minimum Gasteiger partial charge on any atom is -0.392 e. The molecule has 0 bridgehead atoms. The second-order valence-electron chi connectivity index (χ2n) is 9.62. The molecule has 0 unspecified atom stereocenters. The second-order valence-corrected chi connectivity index (χ2v) is 9.62. The van der Waals surface area contributed by atoms with Crippen molar-refractivity contribution in [3.8, 4) is 0 Å². The minimum atomic E-state index is -0.201. The maximum Gasteiger partial charge on any atom is 0.220 e. The average molecular weight is 410 g/mol. The number of carbonyl (C=O) groups excluding carboxylic acids is 1. The summed E-state index contributed by atoms with van der Waals surface area (Å²) < 4.78 is 0. The van der Waals surface area contributed by atoms with Crippen molar-refractivity contribution in [3.05, 3.63) is 59.2 Å². The molecule has 3 heteroatoms. The lowest BCUT2D eigenvalue weighted by atomic mass is 9.88. The van der Waals surface area contributed by atoms with Crippen LogP contribution >= 0.6 is 0 Å². The second kappa shape index (κ2) is 10.9. The summed E-state index contributed by atoms with van der Waals surface area (Å²) in [5.41, 5.74) is 4.24. The van der Waals surface area contributed by atoms with Crippen LogP contribution in [-0.2, 0) is 11.2 Å². The van der Waals surface area contributed by atoms with Crippen molar-refractivity contribution >= 4 is 5.91 Å². The predicted molar refractivity (Wildman–Crippen MR) is 124 cm³/mol. The highest BCUT2D eigenvalue weighted by molar-refractivity contribution is 5.76. The van der Waals surface area contributed by atoms with E-state index in [1.807, 2.05) is 13.8 Å². The van der Waals surface area contributed by atoms with Gasteiger partial charge in [-0.05, 0) is 83.1 Å². The molecule has 4 atom stereocenters. The van der Waals surface area contributed by atoms with Gasteiger partial charge in [-0.1, -0.05) is 53.6 Å². The van der Waals surface area contributed by atoms with Crippen molar-refractivity contribution in [1.29, 1.82) is 0 Å². The SMILES string of the molecule is Cc1cccc(CC/C=C/[C@@H]2[C@H]3CC(CCCCC(=O)NC(C)C)=C[C@H]3C[C@H]2O)c1. The van der Waals surface area contributed by atoms with E-state index in [1.54, 1.807) is 5.57 Å².